The molecule has 2 rings (SSSR count). The third-order valence-corrected chi connectivity index (χ3v) is 3.37. The Bertz CT molecular complexity index is 392. The van der Waals surface area contributed by atoms with E-state index in [4.69, 9.17) is 15.2 Å². The number of hydrogen-bond acceptors (Lipinski definition) is 3. The van der Waals surface area contributed by atoms with Gasteiger partial charge in [0.05, 0.1) is 7.11 Å². The van der Waals surface area contributed by atoms with Gasteiger partial charge >= 0.3 is 0 Å². The predicted molar refractivity (Wildman–Crippen MR) is 63.9 cm³/mol. The van der Waals surface area contributed by atoms with Crippen LogP contribution in [0.25, 0.3) is 0 Å². The minimum atomic E-state index is -0.138. The molecular formula is C13H19NO2. The first kappa shape index (κ1) is 11.3. The highest BCUT2D eigenvalue weighted by molar-refractivity contribution is 5.44. The lowest BCUT2D eigenvalue weighted by atomic mass is 9.87. The normalized spacial score (nSPS) is 28.1. The van der Waals surface area contributed by atoms with Crippen LogP contribution in [0.4, 0.5) is 0 Å². The van der Waals surface area contributed by atoms with Crippen molar-refractivity contribution in [1.29, 1.82) is 0 Å². The summed E-state index contributed by atoms with van der Waals surface area (Å²) in [5.74, 6) is 1.72. The predicted octanol–water partition coefficient (Wildman–Crippen LogP) is 2.65. The van der Waals surface area contributed by atoms with Crippen LogP contribution < -0.4 is 15.2 Å². The molecule has 0 amide bonds. The molecule has 1 aromatic rings. The molecule has 0 saturated carbocycles. The Labute approximate surface area is 96.5 Å². The van der Waals surface area contributed by atoms with Crippen molar-refractivity contribution in [3.63, 3.8) is 0 Å². The maximum absolute atomic E-state index is 6.19. The average Bonchev–Trinajstić information content (AvgIpc) is 2.28. The minimum Gasteiger partial charge on any atom is -0.497 e. The second kappa shape index (κ2) is 3.98. The summed E-state index contributed by atoms with van der Waals surface area (Å²) in [6.45, 7) is 4.24. The van der Waals surface area contributed by atoms with Crippen molar-refractivity contribution in [2.24, 2.45) is 5.73 Å². The zero-order valence-electron chi connectivity index (χ0n) is 10.1. The van der Waals surface area contributed by atoms with Gasteiger partial charge in [-0.2, -0.15) is 0 Å². The van der Waals surface area contributed by atoms with Gasteiger partial charge in [-0.25, -0.2) is 0 Å². The van der Waals surface area contributed by atoms with E-state index in [0.29, 0.717) is 0 Å². The summed E-state index contributed by atoms with van der Waals surface area (Å²) in [7, 11) is 1.66. The van der Waals surface area contributed by atoms with E-state index in [1.165, 1.54) is 0 Å². The number of nitrogens with two attached hydrogens (primary N) is 1. The van der Waals surface area contributed by atoms with E-state index >= 15 is 0 Å². The van der Waals surface area contributed by atoms with Gasteiger partial charge < -0.3 is 15.2 Å². The zero-order valence-corrected chi connectivity index (χ0v) is 10.1. The molecule has 0 aromatic heterocycles. The molecule has 1 aromatic carbocycles. The summed E-state index contributed by atoms with van der Waals surface area (Å²) in [4.78, 5) is 0. The van der Waals surface area contributed by atoms with E-state index in [-0.39, 0.29) is 11.6 Å². The van der Waals surface area contributed by atoms with E-state index in [9.17, 15) is 0 Å². The molecule has 3 nitrogen and oxygen atoms in total. The van der Waals surface area contributed by atoms with Gasteiger partial charge in [-0.3, -0.25) is 0 Å². The summed E-state index contributed by atoms with van der Waals surface area (Å²) < 4.78 is 11.2. The number of methoxy groups -OCH3 is 1. The van der Waals surface area contributed by atoms with Gasteiger partial charge in [0.2, 0.25) is 0 Å². The van der Waals surface area contributed by atoms with Crippen LogP contribution in [0.15, 0.2) is 18.2 Å². The number of hydrogen-bond donors (Lipinski definition) is 1. The molecule has 2 atom stereocenters. The van der Waals surface area contributed by atoms with E-state index in [1.54, 1.807) is 7.11 Å². The third-order valence-electron chi connectivity index (χ3n) is 3.37. The fourth-order valence-corrected chi connectivity index (χ4v) is 2.14. The highest BCUT2D eigenvalue weighted by Gasteiger charge is 2.34. The van der Waals surface area contributed by atoms with Crippen molar-refractivity contribution in [3.8, 4) is 11.5 Å². The number of fused-ring (bicyclic) bond motifs is 1. The molecule has 0 bridgehead atoms. The lowest BCUT2D eigenvalue weighted by molar-refractivity contribution is 0.0502. The minimum absolute atomic E-state index is 0.0313. The monoisotopic (exact) mass is 221 g/mol. The van der Waals surface area contributed by atoms with Crippen LogP contribution in [-0.4, -0.2) is 12.7 Å². The number of benzene rings is 1. The topological polar surface area (TPSA) is 44.5 Å². The molecule has 16 heavy (non-hydrogen) atoms. The van der Waals surface area contributed by atoms with Crippen LogP contribution in [-0.2, 0) is 0 Å². The van der Waals surface area contributed by atoms with Gasteiger partial charge in [0.1, 0.15) is 17.1 Å². The molecule has 1 aliphatic rings. The Morgan fingerprint density at radius 1 is 1.56 bits per heavy atom. The van der Waals surface area contributed by atoms with Crippen molar-refractivity contribution in [2.45, 2.75) is 38.3 Å². The van der Waals surface area contributed by atoms with Crippen LogP contribution in [0.3, 0.4) is 0 Å². The fourth-order valence-electron chi connectivity index (χ4n) is 2.14. The first-order valence-electron chi connectivity index (χ1n) is 5.70. The second-order valence-corrected chi connectivity index (χ2v) is 4.62. The van der Waals surface area contributed by atoms with Crippen molar-refractivity contribution >= 4 is 0 Å². The lowest BCUT2D eigenvalue weighted by Crippen LogP contribution is -2.39. The standard InChI is InChI=1S/C13H19NO2/c1-4-13(2)8-11(14)10-7-9(15-3)5-6-12(10)16-13/h5-7,11H,4,8,14H2,1-3H3. The molecule has 0 fully saturated rings. The molecular weight excluding hydrogens is 202 g/mol. The average molecular weight is 221 g/mol. The molecule has 2 unspecified atom stereocenters. The van der Waals surface area contributed by atoms with E-state index < -0.39 is 0 Å². The number of rotatable bonds is 2. The van der Waals surface area contributed by atoms with Crippen molar-refractivity contribution < 1.29 is 9.47 Å². The molecule has 0 saturated heterocycles. The van der Waals surface area contributed by atoms with Gasteiger partial charge in [0, 0.05) is 18.0 Å². The molecule has 3 heteroatoms. The molecule has 1 heterocycles. The molecule has 0 aliphatic carbocycles. The smallest absolute Gasteiger partial charge is 0.125 e. The molecule has 0 radical (unpaired) electrons. The first-order valence-corrected chi connectivity index (χ1v) is 5.70. The fraction of sp³-hybridized carbons (Fsp3) is 0.538. The van der Waals surface area contributed by atoms with Gasteiger partial charge in [-0.1, -0.05) is 6.92 Å². The Hall–Kier alpha value is -1.22. The Balaban J connectivity index is 2.38. The summed E-state index contributed by atoms with van der Waals surface area (Å²) in [5, 5.41) is 0. The van der Waals surface area contributed by atoms with Gasteiger partial charge in [-0.05, 0) is 31.5 Å². The summed E-state index contributed by atoms with van der Waals surface area (Å²) in [5.41, 5.74) is 7.09. The molecule has 88 valence electrons. The van der Waals surface area contributed by atoms with Crippen molar-refractivity contribution in [1.82, 2.24) is 0 Å². The van der Waals surface area contributed by atoms with Gasteiger partial charge in [-0.15, -0.1) is 0 Å². The third kappa shape index (κ3) is 1.87. The van der Waals surface area contributed by atoms with E-state index in [0.717, 1.165) is 29.9 Å². The molecule has 0 spiro atoms. The summed E-state index contributed by atoms with van der Waals surface area (Å²) in [6, 6.07) is 5.85. The van der Waals surface area contributed by atoms with Crippen LogP contribution >= 0.6 is 0 Å². The summed E-state index contributed by atoms with van der Waals surface area (Å²) in [6.07, 6.45) is 1.82. The van der Waals surface area contributed by atoms with Gasteiger partial charge in [0.15, 0.2) is 0 Å². The van der Waals surface area contributed by atoms with E-state index in [1.807, 2.05) is 18.2 Å². The largest absolute Gasteiger partial charge is 0.497 e. The number of ether oxygens (including phenoxy) is 2. The first-order chi connectivity index (χ1) is 7.58. The van der Waals surface area contributed by atoms with Gasteiger partial charge in [0.25, 0.3) is 0 Å². The maximum atomic E-state index is 6.19. The Kier molecular flexibility index (Phi) is 2.80. The van der Waals surface area contributed by atoms with Crippen molar-refractivity contribution in [2.75, 3.05) is 7.11 Å². The second-order valence-electron chi connectivity index (χ2n) is 4.62. The summed E-state index contributed by atoms with van der Waals surface area (Å²) >= 11 is 0. The van der Waals surface area contributed by atoms with Crippen molar-refractivity contribution in [3.05, 3.63) is 23.8 Å². The molecule has 2 N–H and O–H groups in total. The van der Waals surface area contributed by atoms with E-state index in [2.05, 4.69) is 13.8 Å². The van der Waals surface area contributed by atoms with Crippen LogP contribution in [0.1, 0.15) is 38.3 Å². The maximum Gasteiger partial charge on any atom is 0.125 e. The van der Waals surface area contributed by atoms with Crippen LogP contribution in [0.5, 0.6) is 11.5 Å². The highest BCUT2D eigenvalue weighted by atomic mass is 16.5. The SMILES string of the molecule is CCC1(C)CC(N)c2cc(OC)ccc2O1. The quantitative estimate of drug-likeness (QED) is 0.835. The van der Waals surface area contributed by atoms with Crippen LogP contribution in [0, 0.1) is 0 Å². The Morgan fingerprint density at radius 2 is 2.31 bits per heavy atom. The molecule has 1 aliphatic heterocycles. The Morgan fingerprint density at radius 3 is 2.94 bits per heavy atom. The van der Waals surface area contributed by atoms with Crippen LogP contribution in [0.2, 0.25) is 0 Å². The lowest BCUT2D eigenvalue weighted by Gasteiger charge is -2.38. The highest BCUT2D eigenvalue weighted by Crippen LogP contribution is 2.41. The zero-order chi connectivity index (χ0) is 11.8.